The number of hydrogen-bond donors (Lipinski definition) is 1. The number of nitrogens with one attached hydrogen (secondary N) is 1. The summed E-state index contributed by atoms with van der Waals surface area (Å²) >= 11 is 4.33. The molecule has 1 amide bonds. The molecule has 2 aromatic heterocycles. The second-order valence-corrected chi connectivity index (χ2v) is 7.97. The molecule has 0 saturated carbocycles. The first-order chi connectivity index (χ1) is 14.5. The Kier molecular flexibility index (Phi) is 5.91. The van der Waals surface area contributed by atoms with E-state index in [9.17, 15) is 9.18 Å². The molecule has 152 valence electrons. The normalized spacial score (nSPS) is 10.9. The Hall–Kier alpha value is -3.05. The predicted molar refractivity (Wildman–Crippen MR) is 113 cm³/mol. The van der Waals surface area contributed by atoms with Gasteiger partial charge in [-0.15, -0.1) is 10.2 Å². The average Bonchev–Trinajstić information content (AvgIpc) is 3.36. The number of carbonyl (C=O) groups excluding carboxylic acids is 1. The molecular weight excluding hydrogens is 475 g/mol. The van der Waals surface area contributed by atoms with Gasteiger partial charge in [-0.1, -0.05) is 63.2 Å². The summed E-state index contributed by atoms with van der Waals surface area (Å²) in [5.41, 5.74) is 0.933. The number of aromatic nitrogens is 5. The van der Waals surface area contributed by atoms with Crippen LogP contribution in [0.5, 0.6) is 0 Å². The summed E-state index contributed by atoms with van der Waals surface area (Å²) in [4.78, 5) is 16.5. The van der Waals surface area contributed by atoms with Crippen LogP contribution < -0.4 is 5.32 Å². The van der Waals surface area contributed by atoms with E-state index in [1.165, 1.54) is 12.1 Å². The fraction of sp³-hybridized carbons (Fsp3) is 0.105. The quantitative estimate of drug-likeness (QED) is 0.406. The number of halogens is 2. The molecule has 0 radical (unpaired) electrons. The maximum Gasteiger partial charge on any atom is 0.296 e. The molecule has 4 rings (SSSR count). The predicted octanol–water partition coefficient (Wildman–Crippen LogP) is 4.16. The van der Waals surface area contributed by atoms with Crippen LogP contribution in [0.15, 0.2) is 62.7 Å². The lowest BCUT2D eigenvalue weighted by Crippen LogP contribution is -2.15. The van der Waals surface area contributed by atoms with Crippen LogP contribution in [0.3, 0.4) is 0 Å². The summed E-state index contributed by atoms with van der Waals surface area (Å²) in [6.45, 7) is 0. The standard InChI is InChI=1S/C19H14BrFN6O2S/c1-27-17(18-23-16(26-29-18)11-5-3-2-4-6-11)24-25-19(27)30-10-15(28)22-14-8-7-12(20)9-13(14)21/h2-9H,10H2,1H3,(H,22,28). The summed E-state index contributed by atoms with van der Waals surface area (Å²) in [5.74, 6) is 0.187. The minimum Gasteiger partial charge on any atom is -0.330 e. The number of hydrogen-bond acceptors (Lipinski definition) is 7. The molecule has 30 heavy (non-hydrogen) atoms. The third-order valence-corrected chi connectivity index (χ3v) is 5.54. The van der Waals surface area contributed by atoms with Crippen molar-refractivity contribution < 1.29 is 13.7 Å². The van der Waals surface area contributed by atoms with E-state index in [2.05, 4.69) is 41.6 Å². The highest BCUT2D eigenvalue weighted by atomic mass is 79.9. The minimum atomic E-state index is -0.519. The van der Waals surface area contributed by atoms with Crippen LogP contribution in [-0.2, 0) is 11.8 Å². The van der Waals surface area contributed by atoms with Crippen molar-refractivity contribution in [3.05, 3.63) is 58.8 Å². The van der Waals surface area contributed by atoms with Crippen molar-refractivity contribution in [3.63, 3.8) is 0 Å². The van der Waals surface area contributed by atoms with E-state index >= 15 is 0 Å². The number of anilines is 1. The number of thioether (sulfide) groups is 1. The molecule has 0 saturated heterocycles. The van der Waals surface area contributed by atoms with E-state index in [4.69, 9.17) is 4.52 Å². The molecule has 11 heteroatoms. The van der Waals surface area contributed by atoms with Crippen molar-refractivity contribution in [3.8, 4) is 23.1 Å². The second-order valence-electron chi connectivity index (χ2n) is 6.12. The molecule has 0 unspecified atom stereocenters. The number of nitrogens with zero attached hydrogens (tertiary/aromatic N) is 5. The van der Waals surface area contributed by atoms with Crippen molar-refractivity contribution >= 4 is 39.3 Å². The Labute approximate surface area is 183 Å². The first-order valence-corrected chi connectivity index (χ1v) is 10.5. The average molecular weight is 489 g/mol. The largest absolute Gasteiger partial charge is 0.330 e. The Morgan fingerprint density at radius 1 is 1.23 bits per heavy atom. The van der Waals surface area contributed by atoms with E-state index in [-0.39, 0.29) is 23.2 Å². The third-order valence-electron chi connectivity index (χ3n) is 4.02. The smallest absolute Gasteiger partial charge is 0.296 e. The molecule has 0 aliphatic rings. The van der Waals surface area contributed by atoms with Crippen LogP contribution in [0.1, 0.15) is 0 Å². The molecule has 8 nitrogen and oxygen atoms in total. The van der Waals surface area contributed by atoms with Gasteiger partial charge in [0, 0.05) is 17.1 Å². The minimum absolute atomic E-state index is 0.0283. The van der Waals surface area contributed by atoms with Crippen LogP contribution >= 0.6 is 27.7 Å². The third kappa shape index (κ3) is 4.41. The number of rotatable bonds is 6. The number of carbonyl (C=O) groups is 1. The van der Waals surface area contributed by atoms with Crippen molar-refractivity contribution in [1.82, 2.24) is 24.9 Å². The first-order valence-electron chi connectivity index (χ1n) is 8.68. The van der Waals surface area contributed by atoms with Gasteiger partial charge in [0.1, 0.15) is 5.82 Å². The zero-order chi connectivity index (χ0) is 21.1. The highest BCUT2D eigenvalue weighted by Gasteiger charge is 2.19. The van der Waals surface area contributed by atoms with Gasteiger partial charge in [-0.25, -0.2) is 4.39 Å². The Morgan fingerprint density at radius 2 is 2.03 bits per heavy atom. The molecule has 0 bridgehead atoms. The molecule has 2 heterocycles. The highest BCUT2D eigenvalue weighted by Crippen LogP contribution is 2.24. The number of amides is 1. The first kappa shape index (κ1) is 20.2. The van der Waals surface area contributed by atoms with Gasteiger partial charge in [-0.05, 0) is 18.2 Å². The fourth-order valence-electron chi connectivity index (χ4n) is 2.55. The van der Waals surface area contributed by atoms with Gasteiger partial charge in [-0.2, -0.15) is 4.98 Å². The lowest BCUT2D eigenvalue weighted by Gasteiger charge is -2.06. The molecule has 0 aliphatic carbocycles. The molecular formula is C19H14BrFN6O2S. The summed E-state index contributed by atoms with van der Waals surface area (Å²) in [6, 6.07) is 13.8. The highest BCUT2D eigenvalue weighted by molar-refractivity contribution is 9.10. The Balaban J connectivity index is 1.42. The lowest BCUT2D eigenvalue weighted by atomic mass is 10.2. The molecule has 0 fully saturated rings. The SMILES string of the molecule is Cn1c(SCC(=O)Nc2ccc(Br)cc2F)nnc1-c1nc(-c2ccccc2)no1. The van der Waals surface area contributed by atoms with E-state index in [0.29, 0.717) is 21.3 Å². The van der Waals surface area contributed by atoms with E-state index in [1.54, 1.807) is 17.7 Å². The van der Waals surface area contributed by atoms with Gasteiger partial charge in [0.05, 0.1) is 11.4 Å². The molecule has 2 aromatic carbocycles. The Bertz CT molecular complexity index is 1200. The zero-order valence-corrected chi connectivity index (χ0v) is 17.9. The van der Waals surface area contributed by atoms with Gasteiger partial charge in [-0.3, -0.25) is 4.79 Å². The zero-order valence-electron chi connectivity index (χ0n) is 15.5. The van der Waals surface area contributed by atoms with Crippen LogP contribution in [-0.4, -0.2) is 36.6 Å². The maximum atomic E-state index is 13.9. The van der Waals surface area contributed by atoms with Gasteiger partial charge >= 0.3 is 0 Å². The van der Waals surface area contributed by atoms with Crippen molar-refractivity contribution in [2.75, 3.05) is 11.1 Å². The topological polar surface area (TPSA) is 98.7 Å². The van der Waals surface area contributed by atoms with Crippen LogP contribution in [0, 0.1) is 5.82 Å². The fourth-order valence-corrected chi connectivity index (χ4v) is 3.60. The van der Waals surface area contributed by atoms with E-state index in [1.807, 2.05) is 30.3 Å². The van der Waals surface area contributed by atoms with Crippen molar-refractivity contribution in [1.29, 1.82) is 0 Å². The van der Waals surface area contributed by atoms with Crippen molar-refractivity contribution in [2.45, 2.75) is 5.16 Å². The second kappa shape index (κ2) is 8.76. The van der Waals surface area contributed by atoms with Crippen LogP contribution in [0.25, 0.3) is 23.1 Å². The van der Waals surface area contributed by atoms with Gasteiger partial charge in [0.25, 0.3) is 5.89 Å². The molecule has 0 aliphatic heterocycles. The van der Waals surface area contributed by atoms with Crippen LogP contribution in [0.4, 0.5) is 10.1 Å². The molecule has 1 N–H and O–H groups in total. The lowest BCUT2D eigenvalue weighted by molar-refractivity contribution is -0.113. The number of benzene rings is 2. The monoisotopic (exact) mass is 488 g/mol. The molecule has 0 spiro atoms. The maximum absolute atomic E-state index is 13.9. The summed E-state index contributed by atoms with van der Waals surface area (Å²) in [7, 11) is 1.73. The summed E-state index contributed by atoms with van der Waals surface area (Å²) in [6.07, 6.45) is 0. The van der Waals surface area contributed by atoms with Gasteiger partial charge in [0.15, 0.2) is 5.16 Å². The van der Waals surface area contributed by atoms with E-state index < -0.39 is 5.82 Å². The van der Waals surface area contributed by atoms with E-state index in [0.717, 1.165) is 17.3 Å². The molecule has 4 aromatic rings. The summed E-state index contributed by atoms with van der Waals surface area (Å²) < 4.78 is 21.4. The van der Waals surface area contributed by atoms with Gasteiger partial charge < -0.3 is 14.4 Å². The van der Waals surface area contributed by atoms with Crippen LogP contribution in [0.2, 0.25) is 0 Å². The van der Waals surface area contributed by atoms with Crippen molar-refractivity contribution in [2.24, 2.45) is 7.05 Å². The molecule has 0 atom stereocenters. The van der Waals surface area contributed by atoms with Gasteiger partial charge in [0.2, 0.25) is 17.6 Å². The summed E-state index contributed by atoms with van der Waals surface area (Å²) in [5, 5.41) is 15.1. The Morgan fingerprint density at radius 3 is 2.80 bits per heavy atom.